The number of amides is 2. The Hall–Kier alpha value is -2.99. The van der Waals surface area contributed by atoms with E-state index in [1.54, 1.807) is 6.08 Å². The number of phenolic OH excluding ortho intramolecular Hbond substituents is 1. The number of nitrogens with zero attached hydrogens (tertiary/aromatic N) is 1. The number of anilines is 1. The van der Waals surface area contributed by atoms with Crippen LogP contribution in [0.2, 0.25) is 0 Å². The first-order valence-electron chi connectivity index (χ1n) is 11.1. The van der Waals surface area contributed by atoms with E-state index in [1.807, 2.05) is 77.9 Å². The van der Waals surface area contributed by atoms with Crippen molar-refractivity contribution in [1.29, 1.82) is 0 Å². The standard InChI is InChI=1S/C27H32N2O3S/c1-8-16-9-11-18(12-10-16)29-24(32)19(23(31)28-25(29)33)13-17-14-20(26(2,3)4)22(30)21(15-17)27(5,6)7/h9-15,30H,8H2,1-7H3,(H,28,31,33). The maximum absolute atomic E-state index is 13.4. The largest absolute Gasteiger partial charge is 0.507 e. The molecule has 1 heterocycles. The molecule has 0 unspecified atom stereocenters. The van der Waals surface area contributed by atoms with Gasteiger partial charge in [-0.1, -0.05) is 60.6 Å². The molecule has 6 heteroatoms. The third-order valence-corrected chi connectivity index (χ3v) is 6.05. The molecule has 0 spiro atoms. The topological polar surface area (TPSA) is 69.6 Å². The van der Waals surface area contributed by atoms with Crippen LogP contribution in [0.3, 0.4) is 0 Å². The van der Waals surface area contributed by atoms with E-state index in [9.17, 15) is 14.7 Å². The van der Waals surface area contributed by atoms with Crippen LogP contribution in [-0.2, 0) is 26.8 Å². The monoisotopic (exact) mass is 464 g/mol. The molecule has 1 aliphatic heterocycles. The van der Waals surface area contributed by atoms with Crippen molar-refractivity contribution >= 4 is 40.9 Å². The summed E-state index contributed by atoms with van der Waals surface area (Å²) in [5.41, 5.74) is 3.27. The van der Waals surface area contributed by atoms with E-state index < -0.39 is 11.8 Å². The van der Waals surface area contributed by atoms with Crippen LogP contribution in [-0.4, -0.2) is 22.0 Å². The SMILES string of the molecule is CCc1ccc(N2C(=O)C(=Cc3cc(C(C)(C)C)c(O)c(C(C)(C)C)c3)C(=O)NC2=S)cc1. The van der Waals surface area contributed by atoms with Gasteiger partial charge in [-0.2, -0.15) is 0 Å². The average Bonchev–Trinajstić information content (AvgIpc) is 2.70. The lowest BCUT2D eigenvalue weighted by atomic mass is 9.78. The van der Waals surface area contributed by atoms with E-state index in [1.165, 1.54) is 4.90 Å². The van der Waals surface area contributed by atoms with Crippen LogP contribution in [0.1, 0.15) is 70.7 Å². The minimum atomic E-state index is -0.533. The molecule has 1 saturated heterocycles. The van der Waals surface area contributed by atoms with E-state index in [-0.39, 0.29) is 27.3 Å². The zero-order valence-electron chi connectivity index (χ0n) is 20.4. The molecule has 0 aliphatic carbocycles. The summed E-state index contributed by atoms with van der Waals surface area (Å²) in [5, 5.41) is 13.7. The predicted octanol–water partition coefficient (Wildman–Crippen LogP) is 5.38. The van der Waals surface area contributed by atoms with Crippen molar-refractivity contribution in [3.05, 3.63) is 64.2 Å². The Labute approximate surface area is 201 Å². The second kappa shape index (κ2) is 8.75. The van der Waals surface area contributed by atoms with Crippen LogP contribution in [0.4, 0.5) is 5.69 Å². The molecule has 0 bridgehead atoms. The van der Waals surface area contributed by atoms with Crippen molar-refractivity contribution in [1.82, 2.24) is 5.32 Å². The first-order valence-corrected chi connectivity index (χ1v) is 11.5. The lowest BCUT2D eigenvalue weighted by molar-refractivity contribution is -0.122. The minimum Gasteiger partial charge on any atom is -0.507 e. The van der Waals surface area contributed by atoms with E-state index in [2.05, 4.69) is 12.2 Å². The fourth-order valence-corrected chi connectivity index (χ4v) is 4.10. The smallest absolute Gasteiger partial charge is 0.270 e. The molecule has 2 amide bonds. The zero-order chi connectivity index (χ0) is 24.7. The number of hydrogen-bond acceptors (Lipinski definition) is 4. The summed E-state index contributed by atoms with van der Waals surface area (Å²) in [5.74, 6) is -0.764. The fourth-order valence-electron chi connectivity index (χ4n) is 3.82. The number of benzene rings is 2. The highest BCUT2D eigenvalue weighted by molar-refractivity contribution is 7.80. The van der Waals surface area contributed by atoms with E-state index in [0.29, 0.717) is 11.3 Å². The fraction of sp³-hybridized carbons (Fsp3) is 0.370. The molecule has 0 aromatic heterocycles. The Morgan fingerprint density at radius 2 is 1.48 bits per heavy atom. The summed E-state index contributed by atoms with van der Waals surface area (Å²) < 4.78 is 0. The highest BCUT2D eigenvalue weighted by atomic mass is 32.1. The highest BCUT2D eigenvalue weighted by Crippen LogP contribution is 2.40. The Morgan fingerprint density at radius 1 is 0.970 bits per heavy atom. The number of aromatic hydroxyl groups is 1. The first kappa shape index (κ1) is 24.6. The number of carbonyl (C=O) groups excluding carboxylic acids is 2. The number of rotatable bonds is 3. The molecule has 0 radical (unpaired) electrons. The van der Waals surface area contributed by atoms with Gasteiger partial charge in [0.2, 0.25) is 0 Å². The van der Waals surface area contributed by atoms with Gasteiger partial charge in [-0.15, -0.1) is 0 Å². The van der Waals surface area contributed by atoms with E-state index >= 15 is 0 Å². The Bertz CT molecular complexity index is 1110. The van der Waals surface area contributed by atoms with Crippen molar-refractivity contribution in [2.45, 2.75) is 65.7 Å². The van der Waals surface area contributed by atoms with Gasteiger partial charge in [-0.3, -0.25) is 19.8 Å². The molecule has 3 rings (SSSR count). The second-order valence-corrected chi connectivity index (χ2v) is 10.8. The summed E-state index contributed by atoms with van der Waals surface area (Å²) in [6, 6.07) is 11.2. The zero-order valence-corrected chi connectivity index (χ0v) is 21.2. The van der Waals surface area contributed by atoms with Gasteiger partial charge < -0.3 is 5.11 Å². The maximum atomic E-state index is 13.4. The van der Waals surface area contributed by atoms with Gasteiger partial charge in [-0.25, -0.2) is 0 Å². The van der Waals surface area contributed by atoms with Crippen LogP contribution < -0.4 is 10.2 Å². The summed E-state index contributed by atoms with van der Waals surface area (Å²) in [4.78, 5) is 27.5. The molecule has 0 saturated carbocycles. The summed E-state index contributed by atoms with van der Waals surface area (Å²) in [6.07, 6.45) is 2.46. The van der Waals surface area contributed by atoms with Crippen molar-refractivity contribution in [2.75, 3.05) is 4.90 Å². The molecule has 2 N–H and O–H groups in total. The average molecular weight is 465 g/mol. The lowest BCUT2D eigenvalue weighted by Gasteiger charge is -2.30. The highest BCUT2D eigenvalue weighted by Gasteiger charge is 2.35. The quantitative estimate of drug-likeness (QED) is 0.363. The van der Waals surface area contributed by atoms with Crippen molar-refractivity contribution in [3.8, 4) is 5.75 Å². The summed E-state index contributed by atoms with van der Waals surface area (Å²) >= 11 is 5.31. The molecule has 1 aliphatic rings. The third-order valence-electron chi connectivity index (χ3n) is 5.76. The minimum absolute atomic E-state index is 0.00595. The molecular weight excluding hydrogens is 432 g/mol. The van der Waals surface area contributed by atoms with Crippen LogP contribution >= 0.6 is 12.2 Å². The van der Waals surface area contributed by atoms with E-state index in [4.69, 9.17) is 12.2 Å². The van der Waals surface area contributed by atoms with Gasteiger partial charge in [0.15, 0.2) is 5.11 Å². The van der Waals surface area contributed by atoms with Gasteiger partial charge in [0.05, 0.1) is 5.69 Å². The Kier molecular flexibility index (Phi) is 6.53. The summed E-state index contributed by atoms with van der Waals surface area (Å²) in [6.45, 7) is 14.2. The van der Waals surface area contributed by atoms with Gasteiger partial charge >= 0.3 is 0 Å². The number of phenols is 1. The molecule has 33 heavy (non-hydrogen) atoms. The van der Waals surface area contributed by atoms with Crippen LogP contribution in [0.25, 0.3) is 6.08 Å². The van der Waals surface area contributed by atoms with Crippen LogP contribution in [0, 0.1) is 0 Å². The van der Waals surface area contributed by atoms with E-state index in [0.717, 1.165) is 23.1 Å². The molecule has 2 aromatic carbocycles. The van der Waals surface area contributed by atoms with Crippen LogP contribution in [0.15, 0.2) is 42.0 Å². The molecular formula is C27H32N2O3S. The number of carbonyl (C=O) groups is 2. The lowest BCUT2D eigenvalue weighted by Crippen LogP contribution is -2.54. The van der Waals surface area contributed by atoms with Crippen LogP contribution in [0.5, 0.6) is 5.75 Å². The Balaban J connectivity index is 2.13. The molecule has 5 nitrogen and oxygen atoms in total. The van der Waals surface area contributed by atoms with Crippen molar-refractivity contribution in [3.63, 3.8) is 0 Å². The van der Waals surface area contributed by atoms with Gasteiger partial charge in [0.25, 0.3) is 11.8 Å². The van der Waals surface area contributed by atoms with Gasteiger partial charge in [-0.05, 0) is 70.9 Å². The molecule has 2 aromatic rings. The predicted molar refractivity (Wildman–Crippen MR) is 138 cm³/mol. The molecule has 0 atom stereocenters. The second-order valence-electron chi connectivity index (χ2n) is 10.4. The Morgan fingerprint density at radius 3 is 1.94 bits per heavy atom. The number of hydrogen-bond donors (Lipinski definition) is 2. The van der Waals surface area contributed by atoms with Gasteiger partial charge in [0.1, 0.15) is 11.3 Å². The number of aryl methyl sites for hydroxylation is 1. The molecule has 174 valence electrons. The van der Waals surface area contributed by atoms with Crippen molar-refractivity contribution in [2.24, 2.45) is 0 Å². The van der Waals surface area contributed by atoms with Crippen molar-refractivity contribution < 1.29 is 14.7 Å². The number of nitrogens with one attached hydrogen (secondary N) is 1. The third kappa shape index (κ3) is 5.01. The number of thiocarbonyl (C=S) groups is 1. The molecule has 1 fully saturated rings. The first-order chi connectivity index (χ1) is 15.2. The van der Waals surface area contributed by atoms with Gasteiger partial charge in [0, 0.05) is 11.1 Å². The maximum Gasteiger partial charge on any atom is 0.270 e. The normalized spacial score (nSPS) is 16.4. The summed E-state index contributed by atoms with van der Waals surface area (Å²) in [7, 11) is 0.